The van der Waals surface area contributed by atoms with Crippen molar-refractivity contribution >= 4 is 17.8 Å². The van der Waals surface area contributed by atoms with Crippen molar-refractivity contribution in [3.8, 4) is 0 Å². The summed E-state index contributed by atoms with van der Waals surface area (Å²) in [4.78, 5) is 26.1. The van der Waals surface area contributed by atoms with E-state index >= 15 is 0 Å². The SMILES string of the molecule is C[C@@H]1CCCN1C(=O)CNc1cc([C@H]2C[C@@H](OC(=O)NC3(C)CC3)CO2)[nH]n1. The quantitative estimate of drug-likeness (QED) is 0.684. The van der Waals surface area contributed by atoms with Gasteiger partial charge in [-0.25, -0.2) is 4.79 Å². The highest BCUT2D eigenvalue weighted by molar-refractivity contribution is 5.81. The minimum atomic E-state index is -0.379. The molecular weight excluding hydrogens is 362 g/mol. The second kappa shape index (κ2) is 7.62. The Bertz CT molecular complexity index is 732. The summed E-state index contributed by atoms with van der Waals surface area (Å²) in [5, 5.41) is 13.1. The third kappa shape index (κ3) is 4.40. The van der Waals surface area contributed by atoms with Crippen LogP contribution in [0.4, 0.5) is 10.6 Å². The predicted molar refractivity (Wildman–Crippen MR) is 102 cm³/mol. The molecule has 9 heteroatoms. The second-order valence-corrected chi connectivity index (χ2v) is 8.41. The number of hydrogen-bond acceptors (Lipinski definition) is 6. The molecule has 9 nitrogen and oxygen atoms in total. The lowest BCUT2D eigenvalue weighted by Gasteiger charge is -2.21. The smallest absolute Gasteiger partial charge is 0.407 e. The summed E-state index contributed by atoms with van der Waals surface area (Å²) in [6.45, 7) is 5.51. The summed E-state index contributed by atoms with van der Waals surface area (Å²) in [6, 6.07) is 2.16. The molecule has 3 atom stereocenters. The standard InChI is InChI=1S/C19H29N5O4/c1-12-4-3-7-24(12)17(25)10-20-16-9-14(22-23-16)15-8-13(11-27-15)28-18(26)21-19(2)5-6-19/h9,12-13,15H,3-8,10-11H2,1-2H3,(H,21,26)(H2,20,22,23)/t12-,13-,15-/m1/s1. The van der Waals surface area contributed by atoms with Gasteiger partial charge in [0.1, 0.15) is 18.0 Å². The molecule has 154 valence electrons. The zero-order valence-corrected chi connectivity index (χ0v) is 16.5. The molecule has 3 aliphatic rings. The van der Waals surface area contributed by atoms with Gasteiger partial charge >= 0.3 is 6.09 Å². The Balaban J connectivity index is 1.23. The average molecular weight is 391 g/mol. The number of amides is 2. The molecule has 1 aromatic heterocycles. The van der Waals surface area contributed by atoms with Crippen molar-refractivity contribution < 1.29 is 19.1 Å². The molecule has 28 heavy (non-hydrogen) atoms. The maximum atomic E-state index is 12.3. The molecule has 2 amide bonds. The molecule has 0 bridgehead atoms. The van der Waals surface area contributed by atoms with Crippen molar-refractivity contribution in [3.05, 3.63) is 11.8 Å². The van der Waals surface area contributed by atoms with E-state index in [0.29, 0.717) is 24.9 Å². The Morgan fingerprint density at radius 1 is 1.46 bits per heavy atom. The number of carbonyl (C=O) groups is 2. The van der Waals surface area contributed by atoms with E-state index in [9.17, 15) is 9.59 Å². The molecule has 3 fully saturated rings. The highest BCUT2D eigenvalue weighted by Gasteiger charge is 2.40. The first-order valence-corrected chi connectivity index (χ1v) is 10.1. The zero-order valence-electron chi connectivity index (χ0n) is 16.5. The lowest BCUT2D eigenvalue weighted by Crippen LogP contribution is -2.37. The number of nitrogens with zero attached hydrogens (tertiary/aromatic N) is 2. The molecule has 0 aromatic carbocycles. The van der Waals surface area contributed by atoms with Crippen molar-refractivity contribution in [2.75, 3.05) is 25.0 Å². The minimum Gasteiger partial charge on any atom is -0.444 e. The van der Waals surface area contributed by atoms with Gasteiger partial charge in [-0.15, -0.1) is 0 Å². The molecule has 0 spiro atoms. The monoisotopic (exact) mass is 391 g/mol. The first-order chi connectivity index (χ1) is 13.4. The lowest BCUT2D eigenvalue weighted by molar-refractivity contribution is -0.129. The van der Waals surface area contributed by atoms with Crippen LogP contribution in [0.3, 0.4) is 0 Å². The average Bonchev–Trinajstić information content (AvgIpc) is 3.10. The summed E-state index contributed by atoms with van der Waals surface area (Å²) >= 11 is 0. The number of H-pyrrole nitrogens is 1. The molecule has 2 aliphatic heterocycles. The van der Waals surface area contributed by atoms with Gasteiger partial charge in [-0.3, -0.25) is 9.89 Å². The van der Waals surface area contributed by atoms with E-state index in [-0.39, 0.29) is 36.3 Å². The zero-order chi connectivity index (χ0) is 19.7. The Labute approximate surface area is 164 Å². The molecule has 3 N–H and O–H groups in total. The van der Waals surface area contributed by atoms with E-state index < -0.39 is 0 Å². The lowest BCUT2D eigenvalue weighted by atomic mass is 10.1. The maximum absolute atomic E-state index is 12.3. The van der Waals surface area contributed by atoms with Gasteiger partial charge in [-0.1, -0.05) is 0 Å². The highest BCUT2D eigenvalue weighted by atomic mass is 16.6. The van der Waals surface area contributed by atoms with Crippen LogP contribution in [0.25, 0.3) is 0 Å². The third-order valence-electron chi connectivity index (χ3n) is 5.88. The number of hydrogen-bond donors (Lipinski definition) is 3. The number of alkyl carbamates (subject to hydrolysis) is 1. The first kappa shape index (κ1) is 19.0. The fourth-order valence-corrected chi connectivity index (χ4v) is 3.80. The molecule has 0 unspecified atom stereocenters. The van der Waals surface area contributed by atoms with Crippen molar-refractivity contribution in [2.24, 2.45) is 0 Å². The predicted octanol–water partition coefficient (Wildman–Crippen LogP) is 1.94. The third-order valence-corrected chi connectivity index (χ3v) is 5.88. The first-order valence-electron chi connectivity index (χ1n) is 10.1. The van der Waals surface area contributed by atoms with Crippen LogP contribution < -0.4 is 10.6 Å². The van der Waals surface area contributed by atoms with Crippen molar-refractivity contribution in [1.82, 2.24) is 20.4 Å². The van der Waals surface area contributed by atoms with Crippen LogP contribution in [0.5, 0.6) is 0 Å². The molecular formula is C19H29N5O4. The van der Waals surface area contributed by atoms with E-state index in [0.717, 1.165) is 37.9 Å². The Kier molecular flexibility index (Phi) is 5.18. The van der Waals surface area contributed by atoms with Gasteiger partial charge in [0.25, 0.3) is 0 Å². The normalized spacial score (nSPS) is 28.2. The number of nitrogens with one attached hydrogen (secondary N) is 3. The van der Waals surface area contributed by atoms with Crippen LogP contribution in [0, 0.1) is 0 Å². The number of likely N-dealkylation sites (tertiary alicyclic amines) is 1. The number of carbonyl (C=O) groups excluding carboxylic acids is 2. The molecule has 3 heterocycles. The topological polar surface area (TPSA) is 109 Å². The summed E-state index contributed by atoms with van der Waals surface area (Å²) in [7, 11) is 0. The van der Waals surface area contributed by atoms with Crippen molar-refractivity contribution in [1.29, 1.82) is 0 Å². The van der Waals surface area contributed by atoms with Crippen LogP contribution >= 0.6 is 0 Å². The number of ether oxygens (including phenoxy) is 2. The molecule has 4 rings (SSSR count). The molecule has 0 radical (unpaired) electrons. The summed E-state index contributed by atoms with van der Waals surface area (Å²) < 4.78 is 11.2. The van der Waals surface area contributed by atoms with Gasteiger partial charge < -0.3 is 25.0 Å². The fraction of sp³-hybridized carbons (Fsp3) is 0.737. The van der Waals surface area contributed by atoms with Crippen LogP contribution in [-0.4, -0.2) is 64.5 Å². The Morgan fingerprint density at radius 2 is 2.29 bits per heavy atom. The van der Waals surface area contributed by atoms with E-state index in [4.69, 9.17) is 9.47 Å². The summed E-state index contributed by atoms with van der Waals surface area (Å²) in [6.07, 6.45) is 3.85. The summed E-state index contributed by atoms with van der Waals surface area (Å²) in [5.41, 5.74) is 0.717. The maximum Gasteiger partial charge on any atom is 0.407 e. The highest BCUT2D eigenvalue weighted by Crippen LogP contribution is 2.35. The van der Waals surface area contributed by atoms with Crippen LogP contribution in [-0.2, 0) is 14.3 Å². The van der Waals surface area contributed by atoms with Gasteiger partial charge in [0.15, 0.2) is 0 Å². The number of aromatic nitrogens is 2. The minimum absolute atomic E-state index is 0.0931. The molecule has 1 aromatic rings. The molecule has 2 saturated heterocycles. The van der Waals surface area contributed by atoms with E-state index in [1.807, 2.05) is 17.9 Å². The van der Waals surface area contributed by atoms with Crippen LogP contribution in [0.1, 0.15) is 57.7 Å². The van der Waals surface area contributed by atoms with E-state index in [1.165, 1.54) is 0 Å². The van der Waals surface area contributed by atoms with Crippen LogP contribution in [0.15, 0.2) is 6.07 Å². The van der Waals surface area contributed by atoms with Crippen molar-refractivity contribution in [2.45, 2.75) is 69.7 Å². The van der Waals surface area contributed by atoms with Crippen molar-refractivity contribution in [3.63, 3.8) is 0 Å². The number of rotatable bonds is 6. The molecule has 1 saturated carbocycles. The number of aromatic amines is 1. The second-order valence-electron chi connectivity index (χ2n) is 8.41. The number of anilines is 1. The summed E-state index contributed by atoms with van der Waals surface area (Å²) in [5.74, 6) is 0.707. The Morgan fingerprint density at radius 3 is 3.00 bits per heavy atom. The van der Waals surface area contributed by atoms with Gasteiger partial charge in [0.05, 0.1) is 18.8 Å². The van der Waals surface area contributed by atoms with Gasteiger partial charge in [-0.2, -0.15) is 5.10 Å². The van der Waals surface area contributed by atoms with Gasteiger partial charge in [-0.05, 0) is 39.5 Å². The van der Waals surface area contributed by atoms with E-state index in [2.05, 4.69) is 27.8 Å². The Hall–Kier alpha value is -2.29. The molecule has 1 aliphatic carbocycles. The van der Waals surface area contributed by atoms with Gasteiger partial charge in [0.2, 0.25) is 5.91 Å². The fourth-order valence-electron chi connectivity index (χ4n) is 3.80. The van der Waals surface area contributed by atoms with Crippen LogP contribution in [0.2, 0.25) is 0 Å². The van der Waals surface area contributed by atoms with Gasteiger partial charge in [0, 0.05) is 30.6 Å². The largest absolute Gasteiger partial charge is 0.444 e. The van der Waals surface area contributed by atoms with E-state index in [1.54, 1.807) is 0 Å².